The van der Waals surface area contributed by atoms with Crippen LogP contribution in [0.2, 0.25) is 0 Å². The van der Waals surface area contributed by atoms with Gasteiger partial charge in [-0.25, -0.2) is 9.97 Å². The van der Waals surface area contributed by atoms with Gasteiger partial charge < -0.3 is 15.0 Å². The number of nitriles is 1. The molecule has 2 aromatic heterocycles. The predicted molar refractivity (Wildman–Crippen MR) is 151 cm³/mol. The molecule has 0 spiro atoms. The number of carbonyl (C=O) groups is 1. The van der Waals surface area contributed by atoms with E-state index in [-0.39, 0.29) is 28.0 Å². The van der Waals surface area contributed by atoms with Crippen LogP contribution in [0, 0.1) is 11.3 Å². The molecule has 1 aliphatic heterocycles. The Bertz CT molecular complexity index is 1580. The van der Waals surface area contributed by atoms with E-state index in [9.17, 15) is 23.2 Å². The number of alkyl halides is 3. The Balaban J connectivity index is 1.42. The first-order chi connectivity index (χ1) is 19.7. The summed E-state index contributed by atoms with van der Waals surface area (Å²) in [6.07, 6.45) is -1.53. The number of piperidine rings is 1. The van der Waals surface area contributed by atoms with E-state index in [2.05, 4.69) is 10.3 Å². The molecule has 0 radical (unpaired) electrons. The maximum atomic E-state index is 13.7. The maximum absolute atomic E-state index is 13.7. The van der Waals surface area contributed by atoms with Crippen LogP contribution < -0.4 is 10.1 Å². The lowest BCUT2D eigenvalue weighted by Crippen LogP contribution is -2.36. The van der Waals surface area contributed by atoms with E-state index in [0.717, 1.165) is 36.4 Å². The zero-order valence-corrected chi connectivity index (χ0v) is 23.4. The van der Waals surface area contributed by atoms with Crippen molar-refractivity contribution in [2.24, 2.45) is 0 Å². The number of amides is 1. The highest BCUT2D eigenvalue weighted by Gasteiger charge is 2.35. The Labute approximate surface area is 243 Å². The SMILES string of the molecule is CC(=O)N1CCC(c2csc(Nc3ncc(Sc4c(C#N)cccc4C(F)(F)F)cc3Oc3ccccc3)n2)CC1. The van der Waals surface area contributed by atoms with Gasteiger partial charge in [-0.3, -0.25) is 4.79 Å². The van der Waals surface area contributed by atoms with E-state index >= 15 is 0 Å². The minimum absolute atomic E-state index is 0.0773. The van der Waals surface area contributed by atoms with Crippen LogP contribution in [0.1, 0.15) is 42.5 Å². The molecule has 1 amide bonds. The molecule has 0 unspecified atom stereocenters. The van der Waals surface area contributed by atoms with Crippen LogP contribution >= 0.6 is 23.1 Å². The van der Waals surface area contributed by atoms with Crippen LogP contribution in [0.3, 0.4) is 0 Å². The number of pyridine rings is 1. The molecular formula is C29H24F3N5O2S2. The van der Waals surface area contributed by atoms with Gasteiger partial charge in [0.25, 0.3) is 0 Å². The number of nitrogens with zero attached hydrogens (tertiary/aromatic N) is 4. The molecule has 7 nitrogen and oxygen atoms in total. The van der Waals surface area contributed by atoms with Gasteiger partial charge >= 0.3 is 6.18 Å². The van der Waals surface area contributed by atoms with Gasteiger partial charge in [-0.2, -0.15) is 18.4 Å². The van der Waals surface area contributed by atoms with Crippen molar-refractivity contribution in [2.45, 2.75) is 41.7 Å². The number of halogens is 3. The number of likely N-dealkylation sites (tertiary alicyclic amines) is 1. The standard InChI is InChI=1S/C29H24F3N5O2S2/c1-18(38)37-12-10-19(11-13-37)24-17-40-28(35-24)36-27-25(39-21-7-3-2-4-8-21)14-22(16-34-27)41-26-20(15-33)6-5-9-23(26)29(30,31)32/h2-9,14,16-17,19H,10-13H2,1H3,(H,34,35,36). The van der Waals surface area contributed by atoms with Crippen molar-refractivity contribution in [2.75, 3.05) is 18.4 Å². The Morgan fingerprint density at radius 2 is 1.93 bits per heavy atom. The van der Waals surface area contributed by atoms with Gasteiger partial charge in [-0.1, -0.05) is 36.0 Å². The second-order valence-corrected chi connectivity index (χ2v) is 11.3. The summed E-state index contributed by atoms with van der Waals surface area (Å²) in [4.78, 5) is 22.9. The Hall–Kier alpha value is -4.08. The van der Waals surface area contributed by atoms with Crippen LogP contribution in [0.25, 0.3) is 0 Å². The molecule has 1 N–H and O–H groups in total. The third-order valence-electron chi connectivity index (χ3n) is 6.57. The number of benzene rings is 2. The summed E-state index contributed by atoms with van der Waals surface area (Å²) < 4.78 is 47.3. The molecule has 2 aromatic carbocycles. The lowest BCUT2D eigenvalue weighted by atomic mass is 9.94. The zero-order valence-electron chi connectivity index (χ0n) is 21.8. The van der Waals surface area contributed by atoms with Crippen LogP contribution in [0.15, 0.2) is 76.0 Å². The van der Waals surface area contributed by atoms with Crippen LogP contribution in [0.5, 0.6) is 11.5 Å². The number of thiazole rings is 1. The summed E-state index contributed by atoms with van der Waals surface area (Å²) in [5, 5.41) is 15.2. The van der Waals surface area contributed by atoms with Crippen molar-refractivity contribution in [1.29, 1.82) is 5.26 Å². The summed E-state index contributed by atoms with van der Waals surface area (Å²) in [6, 6.07) is 15.9. The number of rotatable bonds is 7. The molecular weight excluding hydrogens is 571 g/mol. The normalized spacial score (nSPS) is 14.0. The first kappa shape index (κ1) is 28.4. The summed E-state index contributed by atoms with van der Waals surface area (Å²) in [5.74, 6) is 1.47. The fourth-order valence-corrected chi connectivity index (χ4v) is 6.28. The average Bonchev–Trinajstić information content (AvgIpc) is 3.43. The average molecular weight is 596 g/mol. The summed E-state index contributed by atoms with van der Waals surface area (Å²) >= 11 is 2.22. The molecule has 1 saturated heterocycles. The molecule has 12 heteroatoms. The fraction of sp³-hybridized carbons (Fsp3) is 0.241. The quantitative estimate of drug-likeness (QED) is 0.233. The summed E-state index contributed by atoms with van der Waals surface area (Å²) in [5.41, 5.74) is -0.0352. The van der Waals surface area contributed by atoms with E-state index < -0.39 is 11.7 Å². The predicted octanol–water partition coefficient (Wildman–Crippen LogP) is 7.84. The highest BCUT2D eigenvalue weighted by molar-refractivity contribution is 7.99. The number of aromatic nitrogens is 2. The van der Waals surface area contributed by atoms with Gasteiger partial charge in [-0.15, -0.1) is 11.3 Å². The van der Waals surface area contributed by atoms with E-state index in [4.69, 9.17) is 9.72 Å². The van der Waals surface area contributed by atoms with Crippen molar-refractivity contribution < 1.29 is 22.7 Å². The Morgan fingerprint density at radius 3 is 2.61 bits per heavy atom. The summed E-state index contributed by atoms with van der Waals surface area (Å²) in [6.45, 7) is 2.97. The Kier molecular flexibility index (Phi) is 8.46. The number of hydrogen-bond donors (Lipinski definition) is 1. The minimum atomic E-state index is -4.63. The van der Waals surface area contributed by atoms with E-state index in [1.165, 1.54) is 29.7 Å². The Morgan fingerprint density at radius 1 is 1.17 bits per heavy atom. The maximum Gasteiger partial charge on any atom is 0.417 e. The third kappa shape index (κ3) is 6.81. The highest BCUT2D eigenvalue weighted by Crippen LogP contribution is 2.43. The molecule has 0 bridgehead atoms. The third-order valence-corrected chi connectivity index (χ3v) is 8.44. The minimum Gasteiger partial charge on any atom is -0.453 e. The van der Waals surface area contributed by atoms with Gasteiger partial charge in [0.2, 0.25) is 5.91 Å². The monoisotopic (exact) mass is 595 g/mol. The van der Waals surface area contributed by atoms with Crippen molar-refractivity contribution in [3.63, 3.8) is 0 Å². The number of para-hydroxylation sites is 1. The lowest BCUT2D eigenvalue weighted by molar-refractivity contribution is -0.139. The topological polar surface area (TPSA) is 91.1 Å². The van der Waals surface area contributed by atoms with E-state index in [1.807, 2.05) is 22.4 Å². The molecule has 0 saturated carbocycles. The molecule has 1 fully saturated rings. The largest absolute Gasteiger partial charge is 0.453 e. The van der Waals surface area contributed by atoms with Crippen molar-refractivity contribution in [3.05, 3.63) is 83.0 Å². The first-order valence-electron chi connectivity index (χ1n) is 12.7. The number of nitrogens with one attached hydrogen (secondary N) is 1. The van der Waals surface area contributed by atoms with Crippen molar-refractivity contribution >= 4 is 40.0 Å². The zero-order chi connectivity index (χ0) is 29.0. The number of hydrogen-bond acceptors (Lipinski definition) is 8. The highest BCUT2D eigenvalue weighted by atomic mass is 32.2. The molecule has 210 valence electrons. The second-order valence-electron chi connectivity index (χ2n) is 9.31. The second kappa shape index (κ2) is 12.2. The molecule has 5 rings (SSSR count). The molecule has 3 heterocycles. The van der Waals surface area contributed by atoms with Crippen LogP contribution in [-0.4, -0.2) is 33.9 Å². The fourth-order valence-electron chi connectivity index (χ4n) is 4.47. The number of carbonyl (C=O) groups excluding carboxylic acids is 1. The van der Waals surface area contributed by atoms with Crippen LogP contribution in [0.4, 0.5) is 24.1 Å². The molecule has 0 atom stereocenters. The van der Waals surface area contributed by atoms with Crippen LogP contribution in [-0.2, 0) is 11.0 Å². The summed E-state index contributed by atoms with van der Waals surface area (Å²) in [7, 11) is 0. The van der Waals surface area contributed by atoms with Crippen molar-refractivity contribution in [1.82, 2.24) is 14.9 Å². The van der Waals surface area contributed by atoms with Gasteiger partial charge in [-0.05, 0) is 37.1 Å². The molecule has 0 aliphatic carbocycles. The number of ether oxygens (including phenoxy) is 1. The van der Waals surface area contributed by atoms with Gasteiger partial charge in [0, 0.05) is 53.4 Å². The lowest BCUT2D eigenvalue weighted by Gasteiger charge is -2.30. The van der Waals surface area contributed by atoms with Gasteiger partial charge in [0.15, 0.2) is 16.7 Å². The molecule has 41 heavy (non-hydrogen) atoms. The van der Waals surface area contributed by atoms with Gasteiger partial charge in [0.05, 0.1) is 16.8 Å². The van der Waals surface area contributed by atoms with E-state index in [0.29, 0.717) is 34.7 Å². The molecule has 1 aliphatic rings. The smallest absolute Gasteiger partial charge is 0.417 e. The van der Waals surface area contributed by atoms with E-state index in [1.54, 1.807) is 37.3 Å². The number of anilines is 2. The molecule has 4 aromatic rings. The first-order valence-corrected chi connectivity index (χ1v) is 14.4. The van der Waals surface area contributed by atoms with Crippen molar-refractivity contribution in [3.8, 4) is 17.6 Å². The van der Waals surface area contributed by atoms with Gasteiger partial charge in [0.1, 0.15) is 11.8 Å².